The summed E-state index contributed by atoms with van der Waals surface area (Å²) in [4.78, 5) is 24.6. The molecule has 1 fully saturated rings. The summed E-state index contributed by atoms with van der Waals surface area (Å²) >= 11 is 0. The summed E-state index contributed by atoms with van der Waals surface area (Å²) in [5.41, 5.74) is 0.477. The van der Waals surface area contributed by atoms with Gasteiger partial charge in [-0.15, -0.1) is 0 Å². The van der Waals surface area contributed by atoms with Crippen LogP contribution in [0.25, 0.3) is 0 Å². The summed E-state index contributed by atoms with van der Waals surface area (Å²) in [5.74, 6) is -0.273. The smallest absolute Gasteiger partial charge is 0.289 e. The van der Waals surface area contributed by atoms with Crippen LogP contribution in [0.3, 0.4) is 0 Å². The molecule has 0 aliphatic carbocycles. The van der Waals surface area contributed by atoms with Crippen molar-refractivity contribution in [2.24, 2.45) is 0 Å². The molecule has 0 aromatic heterocycles. The maximum absolute atomic E-state index is 12.9. The lowest BCUT2D eigenvalue weighted by atomic mass is 10.2. The van der Waals surface area contributed by atoms with Crippen molar-refractivity contribution in [1.29, 1.82) is 5.26 Å². The Labute approximate surface area is 179 Å². The van der Waals surface area contributed by atoms with E-state index in [-0.39, 0.29) is 23.9 Å². The Kier molecular flexibility index (Phi) is 6.65. The topological polar surface area (TPSA) is 137 Å². The van der Waals surface area contributed by atoms with E-state index in [1.807, 2.05) is 11.0 Å². The third-order valence-corrected chi connectivity index (χ3v) is 7.09. The van der Waals surface area contributed by atoms with Crippen LogP contribution in [0.15, 0.2) is 53.4 Å². The molecular formula is C20H21N5O5S. The molecule has 1 aliphatic rings. The Balaban J connectivity index is 1.65. The fourth-order valence-electron chi connectivity index (χ4n) is 3.38. The maximum atomic E-state index is 12.9. The third kappa shape index (κ3) is 4.88. The van der Waals surface area contributed by atoms with Crippen molar-refractivity contribution >= 4 is 27.3 Å². The third-order valence-electron chi connectivity index (χ3n) is 5.14. The highest BCUT2D eigenvalue weighted by Gasteiger charge is 2.35. The molecule has 1 saturated heterocycles. The number of carbonyl (C=O) groups is 1. The normalized spacial score (nSPS) is 16.3. The van der Waals surface area contributed by atoms with Gasteiger partial charge in [0.1, 0.15) is 0 Å². The van der Waals surface area contributed by atoms with Crippen LogP contribution in [0.1, 0.15) is 12.5 Å². The SMILES string of the molecule is CC(C(=O)Nc1cccc(C#N)c1)N1CCN(S(=O)(=O)c2ccccc2[N+](=O)[O-])CC1. The molecule has 1 amide bonds. The Morgan fingerprint density at radius 2 is 1.84 bits per heavy atom. The van der Waals surface area contributed by atoms with E-state index in [1.165, 1.54) is 22.5 Å². The van der Waals surface area contributed by atoms with Crippen LogP contribution < -0.4 is 5.32 Å². The van der Waals surface area contributed by atoms with Gasteiger partial charge in [0.05, 0.1) is 22.6 Å². The molecule has 1 unspecified atom stereocenters. The van der Waals surface area contributed by atoms with Crippen molar-refractivity contribution < 1.29 is 18.1 Å². The van der Waals surface area contributed by atoms with E-state index in [2.05, 4.69) is 5.32 Å². The van der Waals surface area contributed by atoms with E-state index in [4.69, 9.17) is 5.26 Å². The van der Waals surface area contributed by atoms with Crippen molar-refractivity contribution in [3.8, 4) is 6.07 Å². The van der Waals surface area contributed by atoms with Gasteiger partial charge >= 0.3 is 0 Å². The van der Waals surface area contributed by atoms with Crippen molar-refractivity contribution in [3.05, 3.63) is 64.2 Å². The van der Waals surface area contributed by atoms with E-state index in [0.29, 0.717) is 24.3 Å². The number of amides is 1. The van der Waals surface area contributed by atoms with Gasteiger partial charge in [-0.1, -0.05) is 18.2 Å². The average Bonchev–Trinajstić information content (AvgIpc) is 2.78. The lowest BCUT2D eigenvalue weighted by Gasteiger charge is -2.36. The Hall–Kier alpha value is -3.33. The number of rotatable bonds is 6. The summed E-state index contributed by atoms with van der Waals surface area (Å²) in [6.45, 7) is 2.53. The van der Waals surface area contributed by atoms with E-state index < -0.39 is 26.7 Å². The molecule has 10 nitrogen and oxygen atoms in total. The van der Waals surface area contributed by atoms with Gasteiger partial charge in [-0.05, 0) is 31.2 Å². The number of hydrogen-bond donors (Lipinski definition) is 1. The Morgan fingerprint density at radius 1 is 1.16 bits per heavy atom. The highest BCUT2D eigenvalue weighted by molar-refractivity contribution is 7.89. The number of nitro benzene ring substituents is 1. The molecule has 162 valence electrons. The van der Waals surface area contributed by atoms with Crippen LogP contribution in [0.5, 0.6) is 0 Å². The highest BCUT2D eigenvalue weighted by Crippen LogP contribution is 2.27. The van der Waals surface area contributed by atoms with Crippen LogP contribution in [-0.2, 0) is 14.8 Å². The molecule has 1 heterocycles. The highest BCUT2D eigenvalue weighted by atomic mass is 32.2. The van der Waals surface area contributed by atoms with Crippen molar-refractivity contribution in [2.45, 2.75) is 17.9 Å². The molecule has 0 spiro atoms. The first-order valence-electron chi connectivity index (χ1n) is 9.52. The second-order valence-electron chi connectivity index (χ2n) is 7.02. The fraction of sp³-hybridized carbons (Fsp3) is 0.300. The van der Waals surface area contributed by atoms with E-state index >= 15 is 0 Å². The molecule has 1 N–H and O–H groups in total. The molecule has 0 saturated carbocycles. The Bertz CT molecular complexity index is 1140. The van der Waals surface area contributed by atoms with Gasteiger partial charge in [-0.25, -0.2) is 8.42 Å². The molecule has 3 rings (SSSR count). The van der Waals surface area contributed by atoms with Gasteiger partial charge in [-0.2, -0.15) is 9.57 Å². The number of hydrogen-bond acceptors (Lipinski definition) is 7. The molecule has 11 heteroatoms. The number of nitriles is 1. The molecule has 0 radical (unpaired) electrons. The van der Waals surface area contributed by atoms with Gasteiger partial charge < -0.3 is 5.32 Å². The van der Waals surface area contributed by atoms with Gasteiger partial charge in [0.2, 0.25) is 15.9 Å². The van der Waals surface area contributed by atoms with Crippen LogP contribution in [0.4, 0.5) is 11.4 Å². The molecule has 1 aliphatic heterocycles. The summed E-state index contributed by atoms with van der Waals surface area (Å²) < 4.78 is 27.0. The molecule has 0 bridgehead atoms. The molecule has 2 aromatic carbocycles. The fourth-order valence-corrected chi connectivity index (χ4v) is 4.96. The number of sulfonamides is 1. The Morgan fingerprint density at radius 3 is 2.48 bits per heavy atom. The van der Waals surface area contributed by atoms with Gasteiger partial charge in [0.15, 0.2) is 4.90 Å². The second-order valence-corrected chi connectivity index (χ2v) is 8.93. The van der Waals surface area contributed by atoms with Gasteiger partial charge in [0, 0.05) is 37.9 Å². The standard InChI is InChI=1S/C20H21N5O5S/c1-15(20(26)22-17-6-4-5-16(13-17)14-21)23-9-11-24(12-10-23)31(29,30)19-8-3-2-7-18(19)25(27)28/h2-8,13,15H,9-12H2,1H3,(H,22,26). The first kappa shape index (κ1) is 22.4. The molecular weight excluding hydrogens is 422 g/mol. The second kappa shape index (κ2) is 9.22. The van der Waals surface area contributed by atoms with Crippen molar-refractivity contribution in [2.75, 3.05) is 31.5 Å². The summed E-state index contributed by atoms with van der Waals surface area (Å²) in [5, 5.41) is 22.9. The molecule has 2 aromatic rings. The minimum atomic E-state index is -4.03. The molecule has 31 heavy (non-hydrogen) atoms. The number of nitro groups is 1. The first-order chi connectivity index (χ1) is 14.7. The zero-order chi connectivity index (χ0) is 22.6. The zero-order valence-electron chi connectivity index (χ0n) is 16.8. The number of piperazine rings is 1. The predicted octanol–water partition coefficient (Wildman–Crippen LogP) is 1.80. The number of carbonyl (C=O) groups excluding carboxylic acids is 1. The van der Waals surface area contributed by atoms with Gasteiger partial charge in [-0.3, -0.25) is 19.8 Å². The lowest BCUT2D eigenvalue weighted by Crippen LogP contribution is -2.53. The largest absolute Gasteiger partial charge is 0.325 e. The van der Waals surface area contributed by atoms with E-state index in [9.17, 15) is 23.3 Å². The summed E-state index contributed by atoms with van der Waals surface area (Å²) in [7, 11) is -4.03. The number of para-hydroxylation sites is 1. The predicted molar refractivity (Wildman–Crippen MR) is 113 cm³/mol. The summed E-state index contributed by atoms with van der Waals surface area (Å²) in [6, 6.07) is 13.3. The molecule has 1 atom stereocenters. The number of anilines is 1. The number of nitrogens with one attached hydrogen (secondary N) is 1. The van der Waals surface area contributed by atoms with Crippen LogP contribution in [-0.4, -0.2) is 60.7 Å². The average molecular weight is 443 g/mol. The van der Waals surface area contributed by atoms with Gasteiger partial charge in [0.25, 0.3) is 5.69 Å². The zero-order valence-corrected chi connectivity index (χ0v) is 17.6. The van der Waals surface area contributed by atoms with Crippen molar-refractivity contribution in [3.63, 3.8) is 0 Å². The van der Waals surface area contributed by atoms with E-state index in [1.54, 1.807) is 31.2 Å². The first-order valence-corrected chi connectivity index (χ1v) is 11.0. The monoisotopic (exact) mass is 443 g/mol. The van der Waals surface area contributed by atoms with Crippen LogP contribution in [0, 0.1) is 21.4 Å². The minimum absolute atomic E-state index is 0.107. The minimum Gasteiger partial charge on any atom is -0.325 e. The quantitative estimate of drug-likeness (QED) is 0.531. The van der Waals surface area contributed by atoms with Crippen LogP contribution >= 0.6 is 0 Å². The van der Waals surface area contributed by atoms with E-state index in [0.717, 1.165) is 6.07 Å². The summed E-state index contributed by atoms with van der Waals surface area (Å²) in [6.07, 6.45) is 0. The number of benzene rings is 2. The van der Waals surface area contributed by atoms with Crippen LogP contribution in [0.2, 0.25) is 0 Å². The lowest BCUT2D eigenvalue weighted by molar-refractivity contribution is -0.387. The number of nitrogens with zero attached hydrogens (tertiary/aromatic N) is 4. The van der Waals surface area contributed by atoms with Crippen molar-refractivity contribution in [1.82, 2.24) is 9.21 Å². The maximum Gasteiger partial charge on any atom is 0.289 e.